The normalized spacial score (nSPS) is 10.3. The Hall–Kier alpha value is -2.70. The summed E-state index contributed by atoms with van der Waals surface area (Å²) in [4.78, 5) is 26.2. The molecule has 0 saturated heterocycles. The molecule has 1 amide bonds. The predicted molar refractivity (Wildman–Crippen MR) is 75.3 cm³/mol. The Labute approximate surface area is 121 Å². The van der Waals surface area contributed by atoms with Crippen molar-refractivity contribution in [3.63, 3.8) is 0 Å². The van der Waals surface area contributed by atoms with Gasteiger partial charge in [-0.3, -0.25) is 9.59 Å². The summed E-state index contributed by atoms with van der Waals surface area (Å²) in [5.41, 5.74) is 2.29. The maximum Gasteiger partial charge on any atom is 0.303 e. The molecule has 0 unspecified atom stereocenters. The van der Waals surface area contributed by atoms with E-state index in [0.717, 1.165) is 11.3 Å². The maximum absolute atomic E-state index is 11.9. The number of carbonyl (C=O) groups excluding carboxylic acids is 1. The molecule has 0 aliphatic carbocycles. The molecule has 0 spiro atoms. The van der Waals surface area contributed by atoms with Crippen molar-refractivity contribution in [1.29, 1.82) is 0 Å². The first-order chi connectivity index (χ1) is 10.1. The van der Waals surface area contributed by atoms with E-state index in [1.54, 1.807) is 29.2 Å². The fourth-order valence-electron chi connectivity index (χ4n) is 1.93. The highest BCUT2D eigenvalue weighted by molar-refractivity contribution is 5.94. The van der Waals surface area contributed by atoms with Crippen molar-refractivity contribution in [2.24, 2.45) is 0 Å². The zero-order valence-corrected chi connectivity index (χ0v) is 11.6. The van der Waals surface area contributed by atoms with Crippen LogP contribution in [-0.2, 0) is 4.79 Å². The summed E-state index contributed by atoms with van der Waals surface area (Å²) in [5, 5.41) is 15.3. The van der Waals surface area contributed by atoms with E-state index in [-0.39, 0.29) is 12.3 Å². The summed E-state index contributed by atoms with van der Waals surface area (Å²) in [5.74, 6) is -1.08. The number of benzene rings is 1. The number of hydrogen-bond acceptors (Lipinski definition) is 4. The molecule has 1 aromatic carbocycles. The molecule has 0 aliphatic heterocycles. The molecule has 110 valence electrons. The molecule has 7 nitrogen and oxygen atoms in total. The Morgan fingerprint density at radius 2 is 2.19 bits per heavy atom. The molecule has 21 heavy (non-hydrogen) atoms. The summed E-state index contributed by atoms with van der Waals surface area (Å²) in [6.07, 6.45) is 3.50. The topological polar surface area (TPSA) is 97.1 Å². The van der Waals surface area contributed by atoms with E-state index in [9.17, 15) is 9.59 Å². The largest absolute Gasteiger partial charge is 0.481 e. The predicted octanol–water partition coefficient (Wildman–Crippen LogP) is 1.17. The van der Waals surface area contributed by atoms with Crippen LogP contribution in [0.25, 0.3) is 5.69 Å². The number of carbonyl (C=O) groups is 2. The van der Waals surface area contributed by atoms with E-state index in [4.69, 9.17) is 5.11 Å². The molecular formula is C14H16N4O3. The molecule has 2 rings (SSSR count). The average molecular weight is 288 g/mol. The fourth-order valence-corrected chi connectivity index (χ4v) is 1.93. The summed E-state index contributed by atoms with van der Waals surface area (Å²) >= 11 is 0. The van der Waals surface area contributed by atoms with Crippen LogP contribution < -0.4 is 5.32 Å². The zero-order valence-electron chi connectivity index (χ0n) is 11.6. The Morgan fingerprint density at radius 1 is 1.38 bits per heavy atom. The number of nitrogens with one attached hydrogen (secondary N) is 1. The zero-order chi connectivity index (χ0) is 15.2. The molecule has 1 heterocycles. The van der Waals surface area contributed by atoms with Gasteiger partial charge in [0.2, 0.25) is 0 Å². The third kappa shape index (κ3) is 3.88. The number of aliphatic carboxylic acids is 1. The van der Waals surface area contributed by atoms with Gasteiger partial charge < -0.3 is 10.4 Å². The minimum absolute atomic E-state index is 0.0462. The first-order valence-corrected chi connectivity index (χ1v) is 6.53. The molecule has 0 fully saturated rings. The Balaban J connectivity index is 1.99. The van der Waals surface area contributed by atoms with Crippen molar-refractivity contribution >= 4 is 11.9 Å². The number of amides is 1. The molecule has 0 aliphatic rings. The summed E-state index contributed by atoms with van der Waals surface area (Å²) < 4.78 is 1.63. The van der Waals surface area contributed by atoms with Crippen molar-refractivity contribution in [3.8, 4) is 5.69 Å². The van der Waals surface area contributed by atoms with Gasteiger partial charge in [-0.1, -0.05) is 0 Å². The molecule has 7 heteroatoms. The lowest BCUT2D eigenvalue weighted by Gasteiger charge is -2.08. The molecule has 0 atom stereocenters. The van der Waals surface area contributed by atoms with Gasteiger partial charge in [0.1, 0.15) is 12.7 Å². The van der Waals surface area contributed by atoms with Crippen molar-refractivity contribution in [3.05, 3.63) is 42.0 Å². The molecule has 0 radical (unpaired) electrons. The lowest BCUT2D eigenvalue weighted by Crippen LogP contribution is -2.25. The first kappa shape index (κ1) is 14.7. The van der Waals surface area contributed by atoms with Gasteiger partial charge in [0.15, 0.2) is 0 Å². The first-order valence-electron chi connectivity index (χ1n) is 6.53. The Bertz CT molecular complexity index is 638. The number of aryl methyl sites for hydroxylation is 1. The number of nitrogens with zero attached hydrogens (tertiary/aromatic N) is 3. The van der Waals surface area contributed by atoms with Crippen molar-refractivity contribution in [2.45, 2.75) is 19.8 Å². The number of aromatic nitrogens is 3. The smallest absolute Gasteiger partial charge is 0.303 e. The van der Waals surface area contributed by atoms with Gasteiger partial charge in [-0.2, -0.15) is 5.10 Å². The molecule has 0 bridgehead atoms. The van der Waals surface area contributed by atoms with Gasteiger partial charge in [-0.25, -0.2) is 9.67 Å². The quantitative estimate of drug-likeness (QED) is 0.778. The lowest BCUT2D eigenvalue weighted by atomic mass is 10.1. The van der Waals surface area contributed by atoms with Crippen molar-refractivity contribution in [1.82, 2.24) is 20.1 Å². The third-order valence-electron chi connectivity index (χ3n) is 2.98. The van der Waals surface area contributed by atoms with E-state index in [1.165, 1.54) is 6.33 Å². The Kier molecular flexibility index (Phi) is 4.65. The highest BCUT2D eigenvalue weighted by Crippen LogP contribution is 2.14. The third-order valence-corrected chi connectivity index (χ3v) is 2.98. The van der Waals surface area contributed by atoms with Crippen LogP contribution in [0.2, 0.25) is 0 Å². The summed E-state index contributed by atoms with van der Waals surface area (Å²) in [6.45, 7) is 2.23. The minimum Gasteiger partial charge on any atom is -0.481 e. The van der Waals surface area contributed by atoms with Gasteiger partial charge in [0, 0.05) is 18.5 Å². The van der Waals surface area contributed by atoms with Gasteiger partial charge >= 0.3 is 5.97 Å². The lowest BCUT2D eigenvalue weighted by molar-refractivity contribution is -0.137. The van der Waals surface area contributed by atoms with Crippen LogP contribution in [0.3, 0.4) is 0 Å². The standard InChI is InChI=1S/C14H16N4O3/c1-10-7-11(14(21)16-6-2-3-13(19)20)4-5-12(10)18-9-15-8-17-18/h4-5,7-9H,2-3,6H2,1H3,(H,16,21)(H,19,20). The van der Waals surface area contributed by atoms with Gasteiger partial charge in [-0.15, -0.1) is 0 Å². The van der Waals surface area contributed by atoms with Gasteiger partial charge in [0.05, 0.1) is 5.69 Å². The number of carboxylic acids is 1. The average Bonchev–Trinajstić information content (AvgIpc) is 2.97. The summed E-state index contributed by atoms with van der Waals surface area (Å²) in [7, 11) is 0. The van der Waals surface area contributed by atoms with Crippen LogP contribution in [0, 0.1) is 6.92 Å². The van der Waals surface area contributed by atoms with Crippen molar-refractivity contribution < 1.29 is 14.7 Å². The van der Waals surface area contributed by atoms with Gasteiger partial charge in [0.25, 0.3) is 5.91 Å². The highest BCUT2D eigenvalue weighted by Gasteiger charge is 2.09. The van der Waals surface area contributed by atoms with Gasteiger partial charge in [-0.05, 0) is 37.1 Å². The SMILES string of the molecule is Cc1cc(C(=O)NCCCC(=O)O)ccc1-n1cncn1. The molecule has 2 aromatic rings. The summed E-state index contributed by atoms with van der Waals surface area (Å²) in [6, 6.07) is 5.27. The maximum atomic E-state index is 11.9. The van der Waals surface area contributed by atoms with Crippen molar-refractivity contribution in [2.75, 3.05) is 6.54 Å². The van der Waals surface area contributed by atoms with Crippen LogP contribution in [0.15, 0.2) is 30.9 Å². The van der Waals surface area contributed by atoms with Crippen LogP contribution in [0.5, 0.6) is 0 Å². The molecule has 1 aromatic heterocycles. The number of rotatable bonds is 6. The molecular weight excluding hydrogens is 272 g/mol. The van der Waals surface area contributed by atoms with E-state index in [0.29, 0.717) is 18.5 Å². The second-order valence-corrected chi connectivity index (χ2v) is 4.59. The van der Waals surface area contributed by atoms with Crippen LogP contribution in [0.4, 0.5) is 0 Å². The molecule has 2 N–H and O–H groups in total. The highest BCUT2D eigenvalue weighted by atomic mass is 16.4. The van der Waals surface area contributed by atoms with Crippen LogP contribution in [0.1, 0.15) is 28.8 Å². The van der Waals surface area contributed by atoms with E-state index < -0.39 is 5.97 Å². The van der Waals surface area contributed by atoms with E-state index >= 15 is 0 Å². The number of carboxylic acid groups (broad SMARTS) is 1. The Morgan fingerprint density at radius 3 is 2.81 bits per heavy atom. The second kappa shape index (κ2) is 6.65. The fraction of sp³-hybridized carbons (Fsp3) is 0.286. The van der Waals surface area contributed by atoms with Crippen LogP contribution in [-0.4, -0.2) is 38.3 Å². The number of hydrogen-bond donors (Lipinski definition) is 2. The van der Waals surface area contributed by atoms with Crippen LogP contribution >= 0.6 is 0 Å². The second-order valence-electron chi connectivity index (χ2n) is 4.59. The monoisotopic (exact) mass is 288 g/mol. The minimum atomic E-state index is -0.864. The molecule has 0 saturated carbocycles. The van der Waals surface area contributed by atoms with E-state index in [2.05, 4.69) is 15.4 Å². The van der Waals surface area contributed by atoms with E-state index in [1.807, 2.05) is 6.92 Å².